The van der Waals surface area contributed by atoms with Gasteiger partial charge in [-0.2, -0.15) is 0 Å². The molecule has 0 bridgehead atoms. The Bertz CT molecular complexity index is 332. The lowest BCUT2D eigenvalue weighted by molar-refractivity contribution is -0.211. The largest absolute Gasteiger partial charge is 0.366 e. The quantitative estimate of drug-likeness (QED) is 0.791. The van der Waals surface area contributed by atoms with Gasteiger partial charge in [0.2, 0.25) is 0 Å². The van der Waals surface area contributed by atoms with Crippen molar-refractivity contribution in [2.24, 2.45) is 5.92 Å². The maximum atomic E-state index is 6.58. The summed E-state index contributed by atoms with van der Waals surface area (Å²) in [6.07, 6.45) is 5.02. The summed E-state index contributed by atoms with van der Waals surface area (Å²) in [5.74, 6) is 0.756. The molecule has 0 aromatic heterocycles. The maximum Gasteiger partial charge on any atom is 0.0817 e. The molecule has 1 saturated heterocycles. The Morgan fingerprint density at radius 2 is 1.81 bits per heavy atom. The fourth-order valence-electron chi connectivity index (χ4n) is 4.43. The van der Waals surface area contributed by atoms with E-state index in [2.05, 4.69) is 51.5 Å². The van der Waals surface area contributed by atoms with E-state index >= 15 is 0 Å². The van der Waals surface area contributed by atoms with Crippen molar-refractivity contribution >= 4 is 0 Å². The second kappa shape index (κ2) is 6.55. The zero-order valence-electron chi connectivity index (χ0n) is 15.1. The minimum absolute atomic E-state index is 0.00489. The molecule has 0 atom stereocenters. The van der Waals surface area contributed by atoms with Crippen LogP contribution in [0.4, 0.5) is 0 Å². The normalized spacial score (nSPS) is 34.0. The van der Waals surface area contributed by atoms with E-state index in [4.69, 9.17) is 4.74 Å². The van der Waals surface area contributed by atoms with Crippen molar-refractivity contribution in [1.29, 1.82) is 0 Å². The summed E-state index contributed by atoms with van der Waals surface area (Å²) in [7, 11) is 2.30. The van der Waals surface area contributed by atoms with E-state index in [9.17, 15) is 0 Å². The molecule has 2 fully saturated rings. The van der Waals surface area contributed by atoms with Crippen LogP contribution >= 0.6 is 0 Å². The number of hydrogen-bond acceptors (Lipinski definition) is 3. The Labute approximate surface area is 132 Å². The van der Waals surface area contributed by atoms with Crippen LogP contribution in [0.1, 0.15) is 60.3 Å². The molecule has 0 N–H and O–H groups in total. The molecule has 2 aliphatic rings. The SMILES string of the molecule is CCN1CC(C)(C)O[C@]2(CC[C@@H](N(C)CC(C)C)CC2)C1. The first-order valence-electron chi connectivity index (χ1n) is 8.88. The third kappa shape index (κ3) is 4.43. The summed E-state index contributed by atoms with van der Waals surface area (Å²) in [5, 5.41) is 0. The van der Waals surface area contributed by atoms with Gasteiger partial charge >= 0.3 is 0 Å². The van der Waals surface area contributed by atoms with Gasteiger partial charge < -0.3 is 9.64 Å². The van der Waals surface area contributed by atoms with Crippen LogP contribution in [0.2, 0.25) is 0 Å². The monoisotopic (exact) mass is 296 g/mol. The predicted molar refractivity (Wildman–Crippen MR) is 89.7 cm³/mol. The van der Waals surface area contributed by atoms with E-state index in [1.807, 2.05) is 0 Å². The van der Waals surface area contributed by atoms with Gasteiger partial charge in [-0.05, 0) is 59.0 Å². The molecule has 2 rings (SSSR count). The predicted octanol–water partition coefficient (Wildman–Crippen LogP) is 3.39. The molecule has 0 aromatic rings. The van der Waals surface area contributed by atoms with Gasteiger partial charge in [-0.1, -0.05) is 20.8 Å². The Morgan fingerprint density at radius 3 is 2.33 bits per heavy atom. The van der Waals surface area contributed by atoms with E-state index in [0.717, 1.165) is 31.6 Å². The highest BCUT2D eigenvalue weighted by atomic mass is 16.5. The smallest absolute Gasteiger partial charge is 0.0817 e. The average Bonchev–Trinajstić information content (AvgIpc) is 2.36. The standard InChI is InChI=1S/C18H36N2O/c1-7-20-13-17(4,5)21-18(14-20)10-8-16(9-11-18)19(6)12-15(2)3/h15-16H,7-14H2,1-6H3/t16-,18+. The van der Waals surface area contributed by atoms with Gasteiger partial charge in [0.25, 0.3) is 0 Å². The van der Waals surface area contributed by atoms with E-state index < -0.39 is 0 Å². The van der Waals surface area contributed by atoms with Gasteiger partial charge in [-0.25, -0.2) is 0 Å². The zero-order valence-corrected chi connectivity index (χ0v) is 15.1. The molecular formula is C18H36N2O. The summed E-state index contributed by atoms with van der Waals surface area (Å²) in [6.45, 7) is 16.0. The Kier molecular flexibility index (Phi) is 5.38. The average molecular weight is 296 g/mol. The molecule has 3 nitrogen and oxygen atoms in total. The first kappa shape index (κ1) is 17.2. The fraction of sp³-hybridized carbons (Fsp3) is 1.00. The number of rotatable bonds is 4. The third-order valence-electron chi connectivity index (χ3n) is 5.20. The molecule has 0 aromatic carbocycles. The Morgan fingerprint density at radius 1 is 1.19 bits per heavy atom. The van der Waals surface area contributed by atoms with E-state index in [1.165, 1.54) is 32.2 Å². The van der Waals surface area contributed by atoms with Gasteiger partial charge in [-0.15, -0.1) is 0 Å². The molecule has 1 heterocycles. The number of morpholine rings is 1. The third-order valence-corrected chi connectivity index (χ3v) is 5.20. The Balaban J connectivity index is 1.95. The summed E-state index contributed by atoms with van der Waals surface area (Å²) in [5.41, 5.74) is 0.123. The van der Waals surface area contributed by atoms with Crippen LogP contribution < -0.4 is 0 Å². The molecular weight excluding hydrogens is 260 g/mol. The summed E-state index contributed by atoms with van der Waals surface area (Å²) < 4.78 is 6.58. The molecule has 21 heavy (non-hydrogen) atoms. The second-order valence-electron chi connectivity index (χ2n) is 8.41. The highest BCUT2D eigenvalue weighted by molar-refractivity contribution is 4.98. The zero-order chi connectivity index (χ0) is 15.7. The van der Waals surface area contributed by atoms with Crippen molar-refractivity contribution in [1.82, 2.24) is 9.80 Å². The number of hydrogen-bond donors (Lipinski definition) is 0. The summed E-state index contributed by atoms with van der Waals surface area (Å²) in [6, 6.07) is 0.752. The van der Waals surface area contributed by atoms with Gasteiger partial charge in [0.15, 0.2) is 0 Å². The van der Waals surface area contributed by atoms with Crippen LogP contribution in [-0.4, -0.2) is 60.3 Å². The molecule has 3 heteroatoms. The van der Waals surface area contributed by atoms with E-state index in [0.29, 0.717) is 0 Å². The van der Waals surface area contributed by atoms with Crippen molar-refractivity contribution in [2.75, 3.05) is 33.2 Å². The second-order valence-corrected chi connectivity index (χ2v) is 8.41. The molecule has 1 saturated carbocycles. The van der Waals surface area contributed by atoms with Crippen molar-refractivity contribution in [3.8, 4) is 0 Å². The topological polar surface area (TPSA) is 15.7 Å². The maximum absolute atomic E-state index is 6.58. The van der Waals surface area contributed by atoms with Crippen LogP contribution in [0.3, 0.4) is 0 Å². The number of nitrogens with zero attached hydrogens (tertiary/aromatic N) is 2. The molecule has 1 aliphatic heterocycles. The highest BCUT2D eigenvalue weighted by Crippen LogP contribution is 2.40. The van der Waals surface area contributed by atoms with Crippen LogP contribution in [0, 0.1) is 5.92 Å². The van der Waals surface area contributed by atoms with Gasteiger partial charge in [0.05, 0.1) is 11.2 Å². The van der Waals surface area contributed by atoms with Crippen LogP contribution in [0.5, 0.6) is 0 Å². The van der Waals surface area contributed by atoms with Crippen molar-refractivity contribution in [3.63, 3.8) is 0 Å². The van der Waals surface area contributed by atoms with E-state index in [1.54, 1.807) is 0 Å². The van der Waals surface area contributed by atoms with E-state index in [-0.39, 0.29) is 11.2 Å². The number of likely N-dealkylation sites (N-methyl/N-ethyl adjacent to an activating group) is 1. The first-order chi connectivity index (χ1) is 9.75. The van der Waals surface area contributed by atoms with Crippen molar-refractivity contribution < 1.29 is 4.74 Å². The lowest BCUT2D eigenvalue weighted by atomic mass is 9.79. The van der Waals surface area contributed by atoms with Crippen LogP contribution in [-0.2, 0) is 4.74 Å². The molecule has 1 aliphatic carbocycles. The number of ether oxygens (including phenoxy) is 1. The van der Waals surface area contributed by atoms with Gasteiger partial charge in [0.1, 0.15) is 0 Å². The van der Waals surface area contributed by atoms with Gasteiger partial charge in [-0.3, -0.25) is 4.90 Å². The summed E-state index contributed by atoms with van der Waals surface area (Å²) in [4.78, 5) is 5.16. The lowest BCUT2D eigenvalue weighted by Crippen LogP contribution is -2.61. The summed E-state index contributed by atoms with van der Waals surface area (Å²) >= 11 is 0. The van der Waals surface area contributed by atoms with Crippen LogP contribution in [0.15, 0.2) is 0 Å². The lowest BCUT2D eigenvalue weighted by Gasteiger charge is -2.53. The molecule has 0 unspecified atom stereocenters. The molecule has 124 valence electrons. The molecule has 1 spiro atoms. The Hall–Kier alpha value is -0.120. The minimum atomic E-state index is 0.00489. The molecule has 0 radical (unpaired) electrons. The highest BCUT2D eigenvalue weighted by Gasteiger charge is 2.46. The fourth-order valence-corrected chi connectivity index (χ4v) is 4.43. The minimum Gasteiger partial charge on any atom is -0.366 e. The van der Waals surface area contributed by atoms with Crippen molar-refractivity contribution in [2.45, 2.75) is 77.5 Å². The first-order valence-corrected chi connectivity index (χ1v) is 8.88. The van der Waals surface area contributed by atoms with Gasteiger partial charge in [0, 0.05) is 25.7 Å². The van der Waals surface area contributed by atoms with Crippen LogP contribution in [0.25, 0.3) is 0 Å². The van der Waals surface area contributed by atoms with Crippen molar-refractivity contribution in [3.05, 3.63) is 0 Å². The molecule has 0 amide bonds.